The van der Waals surface area contributed by atoms with Gasteiger partial charge in [-0.1, -0.05) is 0 Å². The zero-order chi connectivity index (χ0) is 43.8. The summed E-state index contributed by atoms with van der Waals surface area (Å²) in [5.41, 5.74) is 36.7. The van der Waals surface area contributed by atoms with Crippen LogP contribution in [0.3, 0.4) is 0 Å². The van der Waals surface area contributed by atoms with Crippen molar-refractivity contribution in [1.82, 2.24) is 58.5 Å². The molecule has 0 saturated carbocycles. The van der Waals surface area contributed by atoms with Gasteiger partial charge in [0, 0.05) is 170 Å². The van der Waals surface area contributed by atoms with Gasteiger partial charge in [-0.25, -0.2) is 11.9 Å². The third-order valence-corrected chi connectivity index (χ3v) is 5.79. The number of nitrogens with zero attached hydrogens (tertiary/aromatic N) is 4. The van der Waals surface area contributed by atoms with Gasteiger partial charge in [0.2, 0.25) is 0 Å². The summed E-state index contributed by atoms with van der Waals surface area (Å²) >= 11 is 0. The van der Waals surface area contributed by atoms with Gasteiger partial charge in [0.25, 0.3) is 6.67 Å². The topological polar surface area (TPSA) is 410 Å². The van der Waals surface area contributed by atoms with Crippen LogP contribution in [0.25, 0.3) is 4.85 Å². The maximum Gasteiger partial charge on any atom is 0.268 e. The van der Waals surface area contributed by atoms with Crippen molar-refractivity contribution in [3.05, 3.63) is 11.4 Å². The molecule has 0 saturated heterocycles. The van der Waals surface area contributed by atoms with Gasteiger partial charge in [0.15, 0.2) is 0 Å². The van der Waals surface area contributed by atoms with Gasteiger partial charge in [-0.15, -0.1) is 0 Å². The molecule has 0 heterocycles. The summed E-state index contributed by atoms with van der Waals surface area (Å²) in [6.07, 6.45) is 0. The van der Waals surface area contributed by atoms with Crippen molar-refractivity contribution >= 4 is 0 Å². The molecule has 23 nitrogen and oxygen atoms in total. The molecule has 0 fully saturated rings. The van der Waals surface area contributed by atoms with Gasteiger partial charge in [-0.05, 0) is 0 Å². The van der Waals surface area contributed by atoms with E-state index in [0.29, 0.717) is 65.6 Å². The first-order valence-corrected chi connectivity index (χ1v) is 19.7. The normalized spacial score (nSPS) is 9.40. The molecule has 0 rings (SSSR count). The minimum Gasteiger partial charge on any atom is -0.381 e. The zero-order valence-electron chi connectivity index (χ0n) is 35.0. The highest BCUT2D eigenvalue weighted by molar-refractivity contribution is 4.73. The van der Waals surface area contributed by atoms with E-state index in [1.165, 1.54) is 6.07 Å². The minimum absolute atomic E-state index is 0.375. The third-order valence-electron chi connectivity index (χ3n) is 5.79. The number of aliphatic hydroxyl groups excluding tert-OH is 1. The molecule has 0 unspecified atom stereocenters. The zero-order valence-corrected chi connectivity index (χ0v) is 35.0. The van der Waals surface area contributed by atoms with E-state index >= 15 is 0 Å². The number of hydrogen-bond donors (Lipinski definition) is 19. The van der Waals surface area contributed by atoms with Crippen LogP contribution in [0.15, 0.2) is 0 Å². The summed E-state index contributed by atoms with van der Waals surface area (Å²) in [6, 6.07) is 5.48. The highest BCUT2D eigenvalue weighted by Gasteiger charge is 1.89. The molecule has 338 valence electrons. The van der Waals surface area contributed by atoms with Crippen LogP contribution in [0, 0.1) is 40.6 Å². The first-order valence-electron chi connectivity index (χ1n) is 19.7. The number of rotatable bonds is 35. The maximum atomic E-state index is 8.19. The molecular weight excluding hydrogens is 733 g/mol. The fourth-order valence-corrected chi connectivity index (χ4v) is 3.20. The molecule has 0 aromatic heterocycles. The Hall–Kier alpha value is -2.80. The van der Waals surface area contributed by atoms with Crippen molar-refractivity contribution in [3.8, 4) is 18.2 Å². The standard InChI is InChI=1S/C8H15N5.C8H23N5.C6H18N4.C6H14N4.C4H13N3.C2H3NO/c1-10-8-13-7-6-12-5-4-11-3-2-9;9-1-3-11-5-7-13-8-6-12-4-2-10;2*7-1-3-9-5-6-10-4-2-8;5-1-3-7-4-2-6;3-1-2-4/h11-13H,3-8H2;11-13H,1-10H2;9-10H,1-8H2;9-10H,1,3-7H2;7H,1-6H2;4H,2H2. The van der Waals surface area contributed by atoms with Crippen LogP contribution >= 0.6 is 0 Å². The first kappa shape index (κ1) is 66.0. The molecular formula is C34H86N22O. The summed E-state index contributed by atoms with van der Waals surface area (Å²) in [6.45, 7) is 29.3. The largest absolute Gasteiger partial charge is 0.381 e. The Kier molecular flexibility index (Phi) is 94.3. The SMILES string of the molecule is N#CCNCCNCCN.N#CCO.NCCNCCN.NCCNCCNCCN.NCCNCCNCCNCCN.[C-]#[N+]CNCCNCCNCC#N. The molecule has 0 aliphatic rings. The van der Waals surface area contributed by atoms with Gasteiger partial charge in [-0.2, -0.15) is 15.8 Å². The smallest absolute Gasteiger partial charge is 0.268 e. The molecule has 23 heteroatoms. The maximum absolute atomic E-state index is 8.19. The number of nitrogens with one attached hydrogen (secondary N) is 11. The van der Waals surface area contributed by atoms with Gasteiger partial charge >= 0.3 is 0 Å². The predicted molar refractivity (Wildman–Crippen MR) is 235 cm³/mol. The lowest BCUT2D eigenvalue weighted by Crippen LogP contribution is -2.35. The van der Waals surface area contributed by atoms with Crippen LogP contribution in [0.1, 0.15) is 0 Å². The third kappa shape index (κ3) is 106. The van der Waals surface area contributed by atoms with E-state index in [0.717, 1.165) is 124 Å². The van der Waals surface area contributed by atoms with Gasteiger partial charge < -0.3 is 98.4 Å². The second-order valence-electron chi connectivity index (χ2n) is 10.8. The van der Waals surface area contributed by atoms with Crippen LogP contribution in [0.4, 0.5) is 0 Å². The summed E-state index contributed by atoms with van der Waals surface area (Å²) in [7, 11) is 0. The summed E-state index contributed by atoms with van der Waals surface area (Å²) in [5, 5.41) is 65.4. The van der Waals surface area contributed by atoms with Crippen molar-refractivity contribution in [1.29, 1.82) is 15.8 Å². The van der Waals surface area contributed by atoms with Gasteiger partial charge in [-0.3, -0.25) is 4.85 Å². The van der Waals surface area contributed by atoms with Gasteiger partial charge in [0.1, 0.15) is 6.61 Å². The average molecular weight is 819 g/mol. The predicted octanol–water partition coefficient (Wildman–Crippen LogP) is -8.45. The molecule has 0 aliphatic carbocycles. The molecule has 0 aliphatic heterocycles. The summed E-state index contributed by atoms with van der Waals surface area (Å²) < 4.78 is 0. The fraction of sp³-hybridized carbons (Fsp3) is 0.882. The Labute approximate surface area is 345 Å². The van der Waals surface area contributed by atoms with Gasteiger partial charge in [0.05, 0.1) is 31.3 Å². The second kappa shape index (κ2) is 81.4. The van der Waals surface area contributed by atoms with E-state index in [2.05, 4.69) is 63.3 Å². The van der Waals surface area contributed by atoms with Crippen LogP contribution in [-0.2, 0) is 0 Å². The highest BCUT2D eigenvalue weighted by Crippen LogP contribution is 1.63. The summed E-state index contributed by atoms with van der Waals surface area (Å²) in [5.74, 6) is 0. The van der Waals surface area contributed by atoms with E-state index in [-0.39, 0.29) is 6.61 Å². The number of aliphatic hydroxyl groups is 1. The van der Waals surface area contributed by atoms with Crippen LogP contribution in [0.2, 0.25) is 0 Å². The lowest BCUT2D eigenvalue weighted by atomic mass is 10.5. The summed E-state index contributed by atoms with van der Waals surface area (Å²) in [4.78, 5) is 3.16. The molecule has 0 amide bonds. The second-order valence-corrected chi connectivity index (χ2v) is 10.8. The van der Waals surface area contributed by atoms with Crippen LogP contribution in [-0.4, -0.2) is 202 Å². The van der Waals surface area contributed by atoms with E-state index < -0.39 is 0 Å². The Balaban J connectivity index is -0.000000141. The lowest BCUT2D eigenvalue weighted by Gasteiger charge is -2.06. The van der Waals surface area contributed by atoms with Crippen molar-refractivity contribution in [2.45, 2.75) is 0 Å². The molecule has 0 atom stereocenters. The van der Waals surface area contributed by atoms with Crippen LogP contribution < -0.4 is 98.6 Å². The number of nitriles is 3. The van der Waals surface area contributed by atoms with Crippen LogP contribution in [0.5, 0.6) is 0 Å². The number of nitrogens with two attached hydrogens (primary N) is 7. The Morgan fingerprint density at radius 1 is 0.351 bits per heavy atom. The first-order chi connectivity index (χ1) is 28.0. The van der Waals surface area contributed by atoms with E-state index in [1.54, 1.807) is 0 Å². The van der Waals surface area contributed by atoms with Crippen molar-refractivity contribution < 1.29 is 5.11 Å². The van der Waals surface area contributed by atoms with E-state index in [4.69, 9.17) is 67.6 Å². The quantitative estimate of drug-likeness (QED) is 0.0122. The molecule has 57 heavy (non-hydrogen) atoms. The highest BCUT2D eigenvalue weighted by atomic mass is 16.2. The van der Waals surface area contributed by atoms with E-state index in [1.807, 2.05) is 12.1 Å². The average Bonchev–Trinajstić information content (AvgIpc) is 3.23. The molecule has 0 aromatic rings. The lowest BCUT2D eigenvalue weighted by molar-refractivity contribution is 0.348. The van der Waals surface area contributed by atoms with Crippen molar-refractivity contribution in [2.75, 3.05) is 197 Å². The van der Waals surface area contributed by atoms with Crippen molar-refractivity contribution in [3.63, 3.8) is 0 Å². The Morgan fingerprint density at radius 2 is 0.544 bits per heavy atom. The molecule has 0 radical (unpaired) electrons. The number of hydrogen-bond acceptors (Lipinski definition) is 22. The monoisotopic (exact) mass is 819 g/mol. The Bertz CT molecular complexity index is 764. The Morgan fingerprint density at radius 3 is 0.737 bits per heavy atom. The van der Waals surface area contributed by atoms with E-state index in [9.17, 15) is 0 Å². The molecule has 0 aromatic carbocycles. The van der Waals surface area contributed by atoms with Crippen molar-refractivity contribution in [2.24, 2.45) is 40.1 Å². The minimum atomic E-state index is -0.375. The molecule has 0 bridgehead atoms. The molecule has 26 N–H and O–H groups in total. The fourth-order valence-electron chi connectivity index (χ4n) is 3.20. The molecule has 0 spiro atoms.